The Labute approximate surface area is 106 Å². The number of para-hydroxylation sites is 1. The molecule has 3 nitrogen and oxygen atoms in total. The molecule has 0 saturated carbocycles. The molecule has 0 N–H and O–H groups in total. The van der Waals surface area contributed by atoms with Crippen LogP contribution in [0.25, 0.3) is 5.69 Å². The molecule has 0 amide bonds. The second-order valence-electron chi connectivity index (χ2n) is 4.30. The van der Waals surface area contributed by atoms with Gasteiger partial charge in [0.05, 0.1) is 12.5 Å². The van der Waals surface area contributed by atoms with Crippen molar-refractivity contribution < 1.29 is 0 Å². The summed E-state index contributed by atoms with van der Waals surface area (Å²) in [5.74, 6) is 0. The third-order valence-corrected chi connectivity index (χ3v) is 2.97. The number of hydrogen-bond acceptors (Lipinski definition) is 2. The number of hydrogen-bond donors (Lipinski definition) is 0. The Morgan fingerprint density at radius 2 is 2.00 bits per heavy atom. The van der Waals surface area contributed by atoms with Gasteiger partial charge >= 0.3 is 0 Å². The molecule has 0 aliphatic heterocycles. The summed E-state index contributed by atoms with van der Waals surface area (Å²) in [6.45, 7) is 3.92. The van der Waals surface area contributed by atoms with Gasteiger partial charge in [-0.3, -0.25) is 4.79 Å². The molecule has 2 aromatic rings. The molecule has 0 spiro atoms. The summed E-state index contributed by atoms with van der Waals surface area (Å²) < 4.78 is 1.96. The lowest BCUT2D eigenvalue weighted by Gasteiger charge is -2.14. The van der Waals surface area contributed by atoms with Crippen LogP contribution in [0, 0.1) is 25.2 Å². The zero-order chi connectivity index (χ0) is 13.1. The summed E-state index contributed by atoms with van der Waals surface area (Å²) in [5, 5.41) is 8.73. The first kappa shape index (κ1) is 12.1. The van der Waals surface area contributed by atoms with Crippen molar-refractivity contribution in [2.75, 3.05) is 0 Å². The van der Waals surface area contributed by atoms with Crippen LogP contribution in [-0.4, -0.2) is 4.57 Å². The Kier molecular flexibility index (Phi) is 3.29. The Bertz CT molecular complexity index is 678. The van der Waals surface area contributed by atoms with Crippen LogP contribution in [0.15, 0.2) is 41.3 Å². The zero-order valence-corrected chi connectivity index (χ0v) is 10.5. The van der Waals surface area contributed by atoms with Crippen molar-refractivity contribution in [3.8, 4) is 11.8 Å². The van der Waals surface area contributed by atoms with Crippen molar-refractivity contribution in [2.24, 2.45) is 0 Å². The fourth-order valence-corrected chi connectivity index (χ4v) is 1.98. The molecule has 18 heavy (non-hydrogen) atoms. The molecular weight excluding hydrogens is 224 g/mol. The smallest absolute Gasteiger partial charge is 0.186 e. The number of nitriles is 1. The molecule has 0 atom stereocenters. The van der Waals surface area contributed by atoms with Crippen molar-refractivity contribution in [1.82, 2.24) is 4.57 Å². The molecular formula is C15H14N2O. The van der Waals surface area contributed by atoms with Gasteiger partial charge in [0.15, 0.2) is 5.43 Å². The summed E-state index contributed by atoms with van der Waals surface area (Å²) in [7, 11) is 0. The second kappa shape index (κ2) is 4.89. The van der Waals surface area contributed by atoms with E-state index in [4.69, 9.17) is 5.26 Å². The highest BCUT2D eigenvalue weighted by Crippen LogP contribution is 2.15. The first-order valence-corrected chi connectivity index (χ1v) is 5.78. The van der Waals surface area contributed by atoms with Crippen molar-refractivity contribution in [3.05, 3.63) is 63.6 Å². The Balaban J connectivity index is 2.66. The zero-order valence-electron chi connectivity index (χ0n) is 10.5. The van der Waals surface area contributed by atoms with Gasteiger partial charge in [-0.05, 0) is 25.5 Å². The average molecular weight is 238 g/mol. The molecule has 0 aliphatic rings. The van der Waals surface area contributed by atoms with Crippen LogP contribution in [0.5, 0.6) is 0 Å². The minimum atomic E-state index is -0.0705. The Morgan fingerprint density at radius 1 is 1.28 bits per heavy atom. The van der Waals surface area contributed by atoms with Crippen molar-refractivity contribution in [2.45, 2.75) is 20.3 Å². The number of benzene rings is 1. The van der Waals surface area contributed by atoms with Crippen molar-refractivity contribution in [1.29, 1.82) is 5.26 Å². The van der Waals surface area contributed by atoms with Crippen LogP contribution in [0.3, 0.4) is 0 Å². The van der Waals surface area contributed by atoms with Crippen LogP contribution >= 0.6 is 0 Å². The maximum absolute atomic E-state index is 11.7. The van der Waals surface area contributed by atoms with E-state index < -0.39 is 0 Å². The first-order valence-electron chi connectivity index (χ1n) is 5.78. The fraction of sp³-hybridized carbons (Fsp3) is 0.200. The third kappa shape index (κ3) is 2.18. The highest BCUT2D eigenvalue weighted by atomic mass is 16.1. The summed E-state index contributed by atoms with van der Waals surface area (Å²) in [6, 6.07) is 11.6. The maximum atomic E-state index is 11.7. The Morgan fingerprint density at radius 3 is 2.67 bits per heavy atom. The molecule has 1 aromatic carbocycles. The molecule has 0 fully saturated rings. The molecule has 0 saturated heterocycles. The number of nitrogens with zero attached hydrogens (tertiary/aromatic N) is 2. The molecule has 1 heterocycles. The van der Waals surface area contributed by atoms with Crippen LogP contribution in [0.1, 0.15) is 16.8 Å². The van der Waals surface area contributed by atoms with Crippen LogP contribution in [-0.2, 0) is 6.42 Å². The third-order valence-electron chi connectivity index (χ3n) is 2.97. The quantitative estimate of drug-likeness (QED) is 0.807. The predicted octanol–water partition coefficient (Wildman–Crippen LogP) is 2.52. The van der Waals surface area contributed by atoms with Gasteiger partial charge in [0.1, 0.15) is 0 Å². The maximum Gasteiger partial charge on any atom is 0.186 e. The van der Waals surface area contributed by atoms with E-state index in [1.807, 2.05) is 48.7 Å². The van der Waals surface area contributed by atoms with Gasteiger partial charge in [0.2, 0.25) is 0 Å². The molecule has 90 valence electrons. The van der Waals surface area contributed by atoms with Gasteiger partial charge in [-0.15, -0.1) is 0 Å². The van der Waals surface area contributed by atoms with E-state index in [0.29, 0.717) is 5.56 Å². The topological polar surface area (TPSA) is 45.8 Å². The number of rotatable bonds is 2. The second-order valence-corrected chi connectivity index (χ2v) is 4.30. The summed E-state index contributed by atoms with van der Waals surface area (Å²) in [5.41, 5.74) is 3.50. The highest BCUT2D eigenvalue weighted by Gasteiger charge is 2.06. The van der Waals surface area contributed by atoms with E-state index in [1.54, 1.807) is 12.3 Å². The average Bonchev–Trinajstić information content (AvgIpc) is 2.34. The van der Waals surface area contributed by atoms with Gasteiger partial charge in [-0.1, -0.05) is 18.2 Å². The minimum absolute atomic E-state index is 0.0705. The van der Waals surface area contributed by atoms with Crippen LogP contribution < -0.4 is 5.43 Å². The lowest BCUT2D eigenvalue weighted by atomic mass is 10.1. The SMILES string of the molecule is Cc1ccccc1-n1cc(CC#N)c(=O)cc1C. The Hall–Kier alpha value is -2.34. The highest BCUT2D eigenvalue weighted by molar-refractivity contribution is 5.42. The van der Waals surface area contributed by atoms with E-state index in [-0.39, 0.29) is 11.8 Å². The van der Waals surface area contributed by atoms with Gasteiger partial charge in [-0.2, -0.15) is 5.26 Å². The number of aryl methyl sites for hydroxylation is 2. The number of pyridine rings is 1. The molecule has 0 bridgehead atoms. The van der Waals surface area contributed by atoms with E-state index in [9.17, 15) is 4.79 Å². The van der Waals surface area contributed by atoms with E-state index in [1.165, 1.54) is 0 Å². The molecule has 2 rings (SSSR count). The first-order chi connectivity index (χ1) is 8.63. The van der Waals surface area contributed by atoms with Crippen LogP contribution in [0.2, 0.25) is 0 Å². The summed E-state index contributed by atoms with van der Waals surface area (Å²) in [4.78, 5) is 11.7. The van der Waals surface area contributed by atoms with Crippen molar-refractivity contribution in [3.63, 3.8) is 0 Å². The molecule has 0 unspecified atom stereocenters. The predicted molar refractivity (Wildman–Crippen MR) is 70.8 cm³/mol. The van der Waals surface area contributed by atoms with E-state index >= 15 is 0 Å². The summed E-state index contributed by atoms with van der Waals surface area (Å²) >= 11 is 0. The van der Waals surface area contributed by atoms with Gasteiger partial charge in [0.25, 0.3) is 0 Å². The van der Waals surface area contributed by atoms with E-state index in [2.05, 4.69) is 0 Å². The fourth-order valence-electron chi connectivity index (χ4n) is 1.98. The molecule has 0 aliphatic carbocycles. The minimum Gasteiger partial charge on any atom is -0.320 e. The number of aromatic nitrogens is 1. The lowest BCUT2D eigenvalue weighted by molar-refractivity contribution is 0.940. The lowest BCUT2D eigenvalue weighted by Crippen LogP contribution is -2.14. The normalized spacial score (nSPS) is 10.1. The molecule has 1 aromatic heterocycles. The van der Waals surface area contributed by atoms with E-state index in [0.717, 1.165) is 16.9 Å². The van der Waals surface area contributed by atoms with Crippen LogP contribution in [0.4, 0.5) is 0 Å². The van der Waals surface area contributed by atoms with Crippen molar-refractivity contribution >= 4 is 0 Å². The van der Waals surface area contributed by atoms with Gasteiger partial charge in [0, 0.05) is 29.2 Å². The largest absolute Gasteiger partial charge is 0.320 e. The van der Waals surface area contributed by atoms with Gasteiger partial charge in [-0.25, -0.2) is 0 Å². The molecule has 3 heteroatoms. The monoisotopic (exact) mass is 238 g/mol. The molecule has 0 radical (unpaired) electrons. The standard InChI is InChI=1S/C15H14N2O/c1-11-5-3-4-6-14(11)17-10-13(7-8-16)15(18)9-12(17)2/h3-6,9-10H,7H2,1-2H3. The summed E-state index contributed by atoms with van der Waals surface area (Å²) in [6.07, 6.45) is 1.91. The van der Waals surface area contributed by atoms with Gasteiger partial charge < -0.3 is 4.57 Å².